The summed E-state index contributed by atoms with van der Waals surface area (Å²) in [6.07, 6.45) is -0.368. The van der Waals surface area contributed by atoms with Crippen molar-refractivity contribution in [1.29, 1.82) is 0 Å². The van der Waals surface area contributed by atoms with Crippen LogP contribution in [0.15, 0.2) is 0 Å². The first-order chi connectivity index (χ1) is 7.02. The Morgan fingerprint density at radius 2 is 1.93 bits per heavy atom. The van der Waals surface area contributed by atoms with Crippen LogP contribution in [0.5, 0.6) is 0 Å². The molecular formula is C8H16N2O5. The molecule has 7 heteroatoms. The minimum Gasteiger partial charge on any atom is -0.480 e. The van der Waals surface area contributed by atoms with Crippen molar-refractivity contribution in [1.82, 2.24) is 10.6 Å². The standard InChI is InChI=1S/C8H16N2O5/c1-6(15-5-8(13)14)10-3-2-9-4-7(11)12/h6,9-10H,2-5H2,1H3,(H,11,12)(H,13,14). The van der Waals surface area contributed by atoms with Gasteiger partial charge >= 0.3 is 11.9 Å². The lowest BCUT2D eigenvalue weighted by Crippen LogP contribution is -2.37. The predicted octanol–water partition coefficient (Wildman–Crippen LogP) is -1.30. The number of carboxylic acid groups (broad SMARTS) is 2. The summed E-state index contributed by atoms with van der Waals surface area (Å²) >= 11 is 0. The number of carbonyl (C=O) groups is 2. The SMILES string of the molecule is CC(NCCNCC(=O)O)OCC(=O)O. The maximum absolute atomic E-state index is 10.1. The second-order valence-electron chi connectivity index (χ2n) is 2.87. The first kappa shape index (κ1) is 13.8. The molecule has 88 valence electrons. The van der Waals surface area contributed by atoms with Gasteiger partial charge in [0.2, 0.25) is 0 Å². The zero-order valence-electron chi connectivity index (χ0n) is 8.52. The van der Waals surface area contributed by atoms with Gasteiger partial charge in [-0.25, -0.2) is 4.79 Å². The topological polar surface area (TPSA) is 108 Å². The quantitative estimate of drug-likeness (QED) is 0.282. The fourth-order valence-electron chi connectivity index (χ4n) is 0.814. The molecule has 1 unspecified atom stereocenters. The van der Waals surface area contributed by atoms with Crippen molar-refractivity contribution in [3.8, 4) is 0 Å². The van der Waals surface area contributed by atoms with Crippen LogP contribution < -0.4 is 10.6 Å². The summed E-state index contributed by atoms with van der Waals surface area (Å²) in [7, 11) is 0. The number of hydrogen-bond acceptors (Lipinski definition) is 5. The summed E-state index contributed by atoms with van der Waals surface area (Å²) in [6.45, 7) is 2.23. The minimum absolute atomic E-state index is 0.0912. The van der Waals surface area contributed by atoms with Crippen molar-refractivity contribution < 1.29 is 24.5 Å². The van der Waals surface area contributed by atoms with Crippen LogP contribution in [0, 0.1) is 0 Å². The first-order valence-corrected chi connectivity index (χ1v) is 4.51. The molecule has 0 aromatic rings. The summed E-state index contributed by atoms with van der Waals surface area (Å²) in [5, 5.41) is 22.1. The van der Waals surface area contributed by atoms with E-state index in [1.165, 1.54) is 0 Å². The van der Waals surface area contributed by atoms with Crippen LogP contribution in [-0.2, 0) is 14.3 Å². The predicted molar refractivity (Wildman–Crippen MR) is 51.6 cm³/mol. The monoisotopic (exact) mass is 220 g/mol. The number of hydrogen-bond donors (Lipinski definition) is 4. The van der Waals surface area contributed by atoms with E-state index in [1.54, 1.807) is 6.92 Å². The Balaban J connectivity index is 3.27. The van der Waals surface area contributed by atoms with Gasteiger partial charge in [-0.2, -0.15) is 0 Å². The van der Waals surface area contributed by atoms with Crippen LogP contribution in [0.2, 0.25) is 0 Å². The molecule has 0 saturated carbocycles. The molecule has 0 aromatic carbocycles. The molecule has 0 saturated heterocycles. The number of aliphatic carboxylic acids is 2. The lowest BCUT2D eigenvalue weighted by molar-refractivity contribution is -0.144. The molecule has 0 bridgehead atoms. The Kier molecular flexibility index (Phi) is 7.51. The van der Waals surface area contributed by atoms with Crippen molar-refractivity contribution in [3.63, 3.8) is 0 Å². The van der Waals surface area contributed by atoms with Crippen molar-refractivity contribution in [2.45, 2.75) is 13.2 Å². The van der Waals surface area contributed by atoms with Gasteiger partial charge in [-0.05, 0) is 6.92 Å². The van der Waals surface area contributed by atoms with E-state index in [9.17, 15) is 9.59 Å². The van der Waals surface area contributed by atoms with Gasteiger partial charge in [-0.3, -0.25) is 10.1 Å². The number of nitrogens with one attached hydrogen (secondary N) is 2. The highest BCUT2D eigenvalue weighted by molar-refractivity contribution is 5.69. The van der Waals surface area contributed by atoms with Gasteiger partial charge in [0.05, 0.1) is 6.54 Å². The molecule has 7 nitrogen and oxygen atoms in total. The lowest BCUT2D eigenvalue weighted by Gasteiger charge is -2.13. The Bertz CT molecular complexity index is 209. The molecule has 0 heterocycles. The van der Waals surface area contributed by atoms with Crippen LogP contribution in [0.3, 0.4) is 0 Å². The maximum Gasteiger partial charge on any atom is 0.329 e. The molecule has 0 rings (SSSR count). The fourth-order valence-corrected chi connectivity index (χ4v) is 0.814. The average Bonchev–Trinajstić information content (AvgIpc) is 2.13. The highest BCUT2D eigenvalue weighted by Gasteiger charge is 2.03. The van der Waals surface area contributed by atoms with Crippen LogP contribution in [0.4, 0.5) is 0 Å². The normalized spacial score (nSPS) is 12.3. The second kappa shape index (κ2) is 8.16. The molecule has 4 N–H and O–H groups in total. The molecule has 0 aliphatic heterocycles. The molecule has 0 spiro atoms. The maximum atomic E-state index is 10.1. The van der Waals surface area contributed by atoms with Gasteiger partial charge in [-0.15, -0.1) is 0 Å². The zero-order valence-corrected chi connectivity index (χ0v) is 8.52. The van der Waals surface area contributed by atoms with Gasteiger partial charge in [0.25, 0.3) is 0 Å². The van der Waals surface area contributed by atoms with Gasteiger partial charge in [-0.1, -0.05) is 0 Å². The molecular weight excluding hydrogens is 204 g/mol. The third-order valence-electron chi connectivity index (χ3n) is 1.47. The van der Waals surface area contributed by atoms with Gasteiger partial charge in [0.1, 0.15) is 12.8 Å². The summed E-state index contributed by atoms with van der Waals surface area (Å²) in [5.41, 5.74) is 0. The second-order valence-corrected chi connectivity index (χ2v) is 2.87. The van der Waals surface area contributed by atoms with E-state index in [-0.39, 0.29) is 19.4 Å². The first-order valence-electron chi connectivity index (χ1n) is 4.51. The van der Waals surface area contributed by atoms with Crippen molar-refractivity contribution >= 4 is 11.9 Å². The lowest BCUT2D eigenvalue weighted by atomic mass is 10.5. The largest absolute Gasteiger partial charge is 0.480 e. The highest BCUT2D eigenvalue weighted by Crippen LogP contribution is 1.83. The van der Waals surface area contributed by atoms with E-state index in [4.69, 9.17) is 14.9 Å². The van der Waals surface area contributed by atoms with Crippen molar-refractivity contribution in [3.05, 3.63) is 0 Å². The summed E-state index contributed by atoms with van der Waals surface area (Å²) in [4.78, 5) is 20.2. The summed E-state index contributed by atoms with van der Waals surface area (Å²) < 4.78 is 4.88. The smallest absolute Gasteiger partial charge is 0.329 e. The van der Waals surface area contributed by atoms with E-state index in [2.05, 4.69) is 10.6 Å². The molecule has 1 atom stereocenters. The fraction of sp³-hybridized carbons (Fsp3) is 0.750. The van der Waals surface area contributed by atoms with E-state index < -0.39 is 11.9 Å². The molecule has 0 fully saturated rings. The van der Waals surface area contributed by atoms with Gasteiger partial charge in [0.15, 0.2) is 0 Å². The van der Waals surface area contributed by atoms with Crippen LogP contribution in [0.1, 0.15) is 6.92 Å². The Hall–Kier alpha value is -1.18. The molecule has 0 aliphatic rings. The van der Waals surface area contributed by atoms with E-state index in [0.29, 0.717) is 13.1 Å². The van der Waals surface area contributed by atoms with Crippen molar-refractivity contribution in [2.75, 3.05) is 26.2 Å². The Labute approximate surface area is 87.4 Å². The zero-order chi connectivity index (χ0) is 11.7. The molecule has 0 aliphatic carbocycles. The van der Waals surface area contributed by atoms with E-state index in [0.717, 1.165) is 0 Å². The number of rotatable bonds is 9. The Morgan fingerprint density at radius 3 is 2.47 bits per heavy atom. The van der Waals surface area contributed by atoms with Gasteiger partial charge < -0.3 is 20.3 Å². The molecule has 0 aromatic heterocycles. The average molecular weight is 220 g/mol. The third-order valence-corrected chi connectivity index (χ3v) is 1.47. The van der Waals surface area contributed by atoms with Crippen LogP contribution in [0.25, 0.3) is 0 Å². The van der Waals surface area contributed by atoms with E-state index in [1.807, 2.05) is 0 Å². The number of carboxylic acids is 2. The minimum atomic E-state index is -1.02. The summed E-state index contributed by atoms with van der Waals surface area (Å²) in [6, 6.07) is 0. The Morgan fingerprint density at radius 1 is 1.27 bits per heavy atom. The molecule has 0 radical (unpaired) electrons. The van der Waals surface area contributed by atoms with Gasteiger partial charge in [0, 0.05) is 13.1 Å². The molecule has 15 heavy (non-hydrogen) atoms. The molecule has 0 amide bonds. The van der Waals surface area contributed by atoms with Crippen LogP contribution >= 0.6 is 0 Å². The van der Waals surface area contributed by atoms with E-state index >= 15 is 0 Å². The summed E-state index contributed by atoms with van der Waals surface area (Å²) in [5.74, 6) is -1.93. The third kappa shape index (κ3) is 10.7. The van der Waals surface area contributed by atoms with Crippen molar-refractivity contribution in [2.24, 2.45) is 0 Å². The highest BCUT2D eigenvalue weighted by atomic mass is 16.5. The van der Waals surface area contributed by atoms with Crippen LogP contribution in [-0.4, -0.2) is 54.6 Å². The number of ether oxygens (including phenoxy) is 1.